The van der Waals surface area contributed by atoms with Crippen LogP contribution in [0.2, 0.25) is 0 Å². The van der Waals surface area contributed by atoms with E-state index in [2.05, 4.69) is 12.1 Å². The molecule has 0 radical (unpaired) electrons. The molecule has 0 aliphatic heterocycles. The fraction of sp³-hybridized carbons (Fsp3) is 0.864. The summed E-state index contributed by atoms with van der Waals surface area (Å²) in [5.41, 5.74) is 5.51. The van der Waals surface area contributed by atoms with E-state index in [1.807, 2.05) is 6.92 Å². The molecule has 4 aliphatic rings. The van der Waals surface area contributed by atoms with Crippen molar-refractivity contribution in [2.75, 3.05) is 19.8 Å². The van der Waals surface area contributed by atoms with Gasteiger partial charge >= 0.3 is 0 Å². The van der Waals surface area contributed by atoms with E-state index >= 15 is 0 Å². The fourth-order valence-electron chi connectivity index (χ4n) is 7.22. The largest absolute Gasteiger partial charge is 0.396 e. The molecule has 0 saturated heterocycles. The van der Waals surface area contributed by atoms with Gasteiger partial charge in [0.25, 0.3) is 0 Å². The molecule has 0 spiro atoms. The van der Waals surface area contributed by atoms with Gasteiger partial charge in [-0.05, 0) is 61.7 Å². The molecule has 4 aliphatic carbocycles. The van der Waals surface area contributed by atoms with E-state index in [1.165, 1.54) is 0 Å². The number of nitrogens with two attached hydrogens (primary N) is 1. The normalized spacial score (nSPS) is 48.2. The van der Waals surface area contributed by atoms with E-state index in [1.54, 1.807) is 0 Å². The first kappa shape index (κ1) is 20.9. The second-order valence-electron chi connectivity index (χ2n) is 10.0. The molecule has 6 nitrogen and oxygen atoms in total. The molecule has 3 N–H and O–H groups in total. The molecule has 0 aromatic heterocycles. The van der Waals surface area contributed by atoms with Gasteiger partial charge in [-0.15, -0.1) is 0 Å². The quantitative estimate of drug-likeness (QED) is 0.549. The standard InChI is InChI=1S/C22H33FN2O4/c1-21-5-3-12(25-29-8-7-24)9-15(21)13(11-26)19(27)18-14(21)4-6-22(2)16(18)10-17(23)20(22)28/h13-18,26H,3-11,24H2,1-2H3/b25-12+/t13-,14?,15?,16?,17?,18?,21-,22+/m1/s1. The van der Waals surface area contributed by atoms with E-state index in [4.69, 9.17) is 10.6 Å². The molecule has 7 heteroatoms. The summed E-state index contributed by atoms with van der Waals surface area (Å²) < 4.78 is 14.4. The molecule has 0 heterocycles. The van der Waals surface area contributed by atoms with Crippen LogP contribution in [-0.2, 0) is 14.4 Å². The zero-order chi connectivity index (χ0) is 21.0. The monoisotopic (exact) mass is 408 g/mol. The number of hydrogen-bond acceptors (Lipinski definition) is 6. The Hall–Kier alpha value is -1.34. The minimum absolute atomic E-state index is 0.00198. The van der Waals surface area contributed by atoms with Gasteiger partial charge in [0.05, 0.1) is 12.3 Å². The highest BCUT2D eigenvalue weighted by Crippen LogP contribution is 2.65. The molecule has 4 rings (SSSR count). The highest BCUT2D eigenvalue weighted by Gasteiger charge is 2.66. The van der Waals surface area contributed by atoms with Crippen molar-refractivity contribution in [3.8, 4) is 0 Å². The van der Waals surface area contributed by atoms with Crippen LogP contribution >= 0.6 is 0 Å². The van der Waals surface area contributed by atoms with Gasteiger partial charge in [-0.25, -0.2) is 4.39 Å². The predicted molar refractivity (Wildman–Crippen MR) is 106 cm³/mol. The van der Waals surface area contributed by atoms with Crippen LogP contribution in [0.15, 0.2) is 5.16 Å². The van der Waals surface area contributed by atoms with Gasteiger partial charge in [0.2, 0.25) is 0 Å². The number of halogens is 1. The van der Waals surface area contributed by atoms with Crippen molar-refractivity contribution < 1.29 is 23.9 Å². The first-order valence-corrected chi connectivity index (χ1v) is 11.0. The Bertz CT molecular complexity index is 728. The third kappa shape index (κ3) is 2.99. The van der Waals surface area contributed by atoms with Crippen molar-refractivity contribution in [3.05, 3.63) is 0 Å². The second-order valence-corrected chi connectivity index (χ2v) is 10.0. The Balaban J connectivity index is 1.66. The maximum absolute atomic E-state index is 14.4. The molecule has 4 fully saturated rings. The third-order valence-corrected chi connectivity index (χ3v) is 8.85. The van der Waals surface area contributed by atoms with Crippen molar-refractivity contribution in [3.63, 3.8) is 0 Å². The summed E-state index contributed by atoms with van der Waals surface area (Å²) in [6.07, 6.45) is 2.40. The highest BCUT2D eigenvalue weighted by molar-refractivity contribution is 5.95. The zero-order valence-electron chi connectivity index (χ0n) is 17.4. The van der Waals surface area contributed by atoms with Crippen LogP contribution in [0.4, 0.5) is 4.39 Å². The molecule has 0 aromatic rings. The Labute approximate surface area is 171 Å². The number of aliphatic hydroxyl groups is 1. The average Bonchev–Trinajstić information content (AvgIpc) is 2.93. The van der Waals surface area contributed by atoms with Crippen LogP contribution in [-0.4, -0.2) is 48.3 Å². The van der Waals surface area contributed by atoms with E-state index in [-0.39, 0.29) is 53.7 Å². The number of fused-ring (bicyclic) bond motifs is 5. The van der Waals surface area contributed by atoms with Crippen molar-refractivity contribution >= 4 is 17.3 Å². The number of alkyl halides is 1. The smallest absolute Gasteiger partial charge is 0.173 e. The lowest BCUT2D eigenvalue weighted by Gasteiger charge is -2.60. The van der Waals surface area contributed by atoms with E-state index in [0.717, 1.165) is 25.0 Å². The summed E-state index contributed by atoms with van der Waals surface area (Å²) in [5.74, 6) is -1.23. The Morgan fingerprint density at radius 3 is 2.69 bits per heavy atom. The van der Waals surface area contributed by atoms with Crippen molar-refractivity contribution in [1.29, 1.82) is 0 Å². The Morgan fingerprint density at radius 1 is 1.24 bits per heavy atom. The van der Waals surface area contributed by atoms with Gasteiger partial charge in [-0.3, -0.25) is 9.59 Å². The number of rotatable bonds is 4. The summed E-state index contributed by atoms with van der Waals surface area (Å²) in [5, 5.41) is 14.4. The fourth-order valence-corrected chi connectivity index (χ4v) is 7.22. The topological polar surface area (TPSA) is 102 Å². The summed E-state index contributed by atoms with van der Waals surface area (Å²) in [4.78, 5) is 31.4. The van der Waals surface area contributed by atoms with Crippen LogP contribution in [0, 0.1) is 40.4 Å². The number of carbonyl (C=O) groups is 2. The van der Waals surface area contributed by atoms with Gasteiger partial charge in [0.15, 0.2) is 12.0 Å². The lowest BCUT2D eigenvalue weighted by molar-refractivity contribution is -0.166. The van der Waals surface area contributed by atoms with E-state index in [0.29, 0.717) is 26.0 Å². The summed E-state index contributed by atoms with van der Waals surface area (Å²) in [6.45, 7) is 4.63. The Kier molecular flexibility index (Phi) is 5.35. The molecule has 5 unspecified atom stereocenters. The van der Waals surface area contributed by atoms with Crippen LogP contribution in [0.25, 0.3) is 0 Å². The van der Waals surface area contributed by atoms with Gasteiger partial charge < -0.3 is 15.7 Å². The van der Waals surface area contributed by atoms with E-state index < -0.39 is 17.5 Å². The first-order chi connectivity index (χ1) is 13.8. The van der Waals surface area contributed by atoms with E-state index in [9.17, 15) is 19.1 Å². The van der Waals surface area contributed by atoms with Crippen LogP contribution < -0.4 is 5.73 Å². The molecule has 29 heavy (non-hydrogen) atoms. The van der Waals surface area contributed by atoms with Crippen molar-refractivity contribution in [2.45, 2.75) is 58.5 Å². The Morgan fingerprint density at radius 2 is 2.00 bits per heavy atom. The molecule has 162 valence electrons. The molecular formula is C22H33FN2O4. The molecular weight excluding hydrogens is 375 g/mol. The number of Topliss-reactive ketones (excluding diaryl/α,β-unsaturated/α-hetero) is 2. The number of ketones is 2. The molecule has 8 atom stereocenters. The lowest BCUT2D eigenvalue weighted by atomic mass is 9.43. The second kappa shape index (κ2) is 7.41. The first-order valence-electron chi connectivity index (χ1n) is 11.0. The average molecular weight is 409 g/mol. The van der Waals surface area contributed by atoms with Gasteiger partial charge in [-0.1, -0.05) is 19.0 Å². The minimum atomic E-state index is -1.46. The van der Waals surface area contributed by atoms with Crippen LogP contribution in [0.5, 0.6) is 0 Å². The maximum atomic E-state index is 14.4. The zero-order valence-corrected chi connectivity index (χ0v) is 17.4. The van der Waals surface area contributed by atoms with Crippen molar-refractivity contribution in [2.24, 2.45) is 51.3 Å². The summed E-state index contributed by atoms with van der Waals surface area (Å²) in [6, 6.07) is 0. The van der Waals surface area contributed by atoms with Crippen LogP contribution in [0.1, 0.15) is 52.4 Å². The van der Waals surface area contributed by atoms with Gasteiger partial charge in [-0.2, -0.15) is 0 Å². The number of carbonyl (C=O) groups excluding carboxylic acids is 2. The lowest BCUT2D eigenvalue weighted by Crippen LogP contribution is -2.61. The number of oxime groups is 1. The minimum Gasteiger partial charge on any atom is -0.396 e. The number of hydrogen-bond donors (Lipinski definition) is 2. The predicted octanol–water partition coefficient (Wildman–Crippen LogP) is 2.27. The third-order valence-electron chi connectivity index (χ3n) is 8.85. The van der Waals surface area contributed by atoms with Crippen molar-refractivity contribution in [1.82, 2.24) is 0 Å². The molecule has 0 amide bonds. The molecule has 0 aromatic carbocycles. The SMILES string of the molecule is C[C@]12CC/C(=N\OCCN)CC1[C@@H](CO)C(=O)C1C2CC[C@]2(C)C(=O)C(F)CC12. The van der Waals surface area contributed by atoms with Crippen LogP contribution in [0.3, 0.4) is 0 Å². The summed E-state index contributed by atoms with van der Waals surface area (Å²) in [7, 11) is 0. The molecule has 0 bridgehead atoms. The maximum Gasteiger partial charge on any atom is 0.173 e. The molecule has 4 saturated carbocycles. The van der Waals surface area contributed by atoms with Gasteiger partial charge in [0.1, 0.15) is 12.4 Å². The number of aliphatic hydroxyl groups excluding tert-OH is 1. The van der Waals surface area contributed by atoms with Gasteiger partial charge in [0, 0.05) is 23.8 Å². The summed E-state index contributed by atoms with van der Waals surface area (Å²) >= 11 is 0. The number of nitrogens with zero attached hydrogens (tertiary/aromatic N) is 1. The highest BCUT2D eigenvalue weighted by atomic mass is 19.1.